The maximum absolute atomic E-state index is 4.50. The molecule has 0 N–H and O–H groups in total. The van der Waals surface area contributed by atoms with Gasteiger partial charge in [0.1, 0.15) is 5.52 Å². The van der Waals surface area contributed by atoms with E-state index in [-0.39, 0.29) is 0 Å². The molecule has 0 aliphatic heterocycles. The molecule has 4 nitrogen and oxygen atoms in total. The lowest BCUT2D eigenvalue weighted by Gasteiger charge is -2.18. The number of hydrogen-bond acceptors (Lipinski definition) is 4. The van der Waals surface area contributed by atoms with E-state index in [1.807, 2.05) is 24.3 Å². The second-order valence-electron chi connectivity index (χ2n) is 3.37. The molecular formula is C11H13BrN4. The highest BCUT2D eigenvalue weighted by Crippen LogP contribution is 2.12. The molecule has 2 rings (SSSR count). The quantitative estimate of drug-likeness (QED) is 0.806. The van der Waals surface area contributed by atoms with Crippen molar-refractivity contribution in [2.45, 2.75) is 6.92 Å². The van der Waals surface area contributed by atoms with Crippen molar-refractivity contribution in [3.05, 3.63) is 24.3 Å². The molecule has 2 aromatic rings. The predicted octanol–water partition coefficient (Wildman–Crippen LogP) is 2.25. The lowest BCUT2D eigenvalue weighted by Crippen LogP contribution is -2.27. The molecule has 5 heteroatoms. The summed E-state index contributed by atoms with van der Waals surface area (Å²) in [6, 6.07) is 7.77. The molecule has 0 spiro atoms. The maximum atomic E-state index is 4.50. The van der Waals surface area contributed by atoms with Gasteiger partial charge in [0.25, 0.3) is 0 Å². The Labute approximate surface area is 103 Å². The van der Waals surface area contributed by atoms with Crippen LogP contribution in [0.15, 0.2) is 24.3 Å². The van der Waals surface area contributed by atoms with Gasteiger partial charge in [0.05, 0.1) is 5.52 Å². The smallest absolute Gasteiger partial charge is 0.245 e. The summed E-state index contributed by atoms with van der Waals surface area (Å²) in [6.45, 7) is 3.85. The van der Waals surface area contributed by atoms with Gasteiger partial charge < -0.3 is 4.90 Å². The highest BCUT2D eigenvalue weighted by molar-refractivity contribution is 9.09. The highest BCUT2D eigenvalue weighted by atomic mass is 79.9. The summed E-state index contributed by atoms with van der Waals surface area (Å²) in [5, 5.41) is 9.20. The van der Waals surface area contributed by atoms with Gasteiger partial charge in [-0.25, -0.2) is 4.98 Å². The number of nitrogens with zero attached hydrogens (tertiary/aromatic N) is 4. The van der Waals surface area contributed by atoms with E-state index in [0.717, 1.165) is 29.5 Å². The van der Waals surface area contributed by atoms with Gasteiger partial charge >= 0.3 is 0 Å². The van der Waals surface area contributed by atoms with Gasteiger partial charge in [0.15, 0.2) is 0 Å². The third kappa shape index (κ3) is 2.29. The van der Waals surface area contributed by atoms with Crippen LogP contribution in [-0.4, -0.2) is 33.6 Å². The third-order valence-corrected chi connectivity index (χ3v) is 2.72. The van der Waals surface area contributed by atoms with E-state index in [2.05, 4.69) is 42.9 Å². The van der Waals surface area contributed by atoms with Crippen LogP contribution in [-0.2, 0) is 0 Å². The summed E-state index contributed by atoms with van der Waals surface area (Å²) in [5.74, 6) is 0.695. The van der Waals surface area contributed by atoms with Crippen LogP contribution in [0.1, 0.15) is 6.92 Å². The fourth-order valence-electron chi connectivity index (χ4n) is 1.51. The number of halogens is 1. The number of rotatable bonds is 4. The van der Waals surface area contributed by atoms with Crippen molar-refractivity contribution in [1.82, 2.24) is 15.2 Å². The van der Waals surface area contributed by atoms with Gasteiger partial charge in [0, 0.05) is 18.4 Å². The molecule has 1 heterocycles. The van der Waals surface area contributed by atoms with Crippen LogP contribution in [0.2, 0.25) is 0 Å². The average molecular weight is 281 g/mol. The lowest BCUT2D eigenvalue weighted by molar-refractivity contribution is 0.812. The minimum absolute atomic E-state index is 0.695. The summed E-state index contributed by atoms with van der Waals surface area (Å²) in [7, 11) is 0. The predicted molar refractivity (Wildman–Crippen MR) is 69.0 cm³/mol. The number of benzene rings is 1. The molecule has 16 heavy (non-hydrogen) atoms. The van der Waals surface area contributed by atoms with Crippen LogP contribution in [0, 0.1) is 0 Å². The van der Waals surface area contributed by atoms with E-state index < -0.39 is 0 Å². The summed E-state index contributed by atoms with van der Waals surface area (Å²) in [4.78, 5) is 6.59. The first-order valence-electron chi connectivity index (χ1n) is 5.25. The second kappa shape index (κ2) is 5.21. The molecule has 0 fully saturated rings. The summed E-state index contributed by atoms with van der Waals surface area (Å²) < 4.78 is 0. The number of anilines is 1. The Bertz CT molecular complexity index is 474. The van der Waals surface area contributed by atoms with E-state index in [1.165, 1.54) is 0 Å². The van der Waals surface area contributed by atoms with Gasteiger partial charge in [-0.1, -0.05) is 28.1 Å². The molecule has 0 aliphatic carbocycles. The van der Waals surface area contributed by atoms with Crippen LogP contribution in [0.25, 0.3) is 11.0 Å². The molecule has 1 aromatic heterocycles. The van der Waals surface area contributed by atoms with E-state index >= 15 is 0 Å². The zero-order valence-electron chi connectivity index (χ0n) is 9.10. The van der Waals surface area contributed by atoms with Crippen LogP contribution in [0.3, 0.4) is 0 Å². The van der Waals surface area contributed by atoms with E-state index in [9.17, 15) is 0 Å². The minimum Gasteiger partial charge on any atom is -0.339 e. The van der Waals surface area contributed by atoms with Crippen molar-refractivity contribution >= 4 is 32.9 Å². The monoisotopic (exact) mass is 280 g/mol. The summed E-state index contributed by atoms with van der Waals surface area (Å²) in [5.41, 5.74) is 1.72. The Kier molecular flexibility index (Phi) is 3.66. The maximum Gasteiger partial charge on any atom is 0.245 e. The lowest BCUT2D eigenvalue weighted by atomic mass is 10.3. The van der Waals surface area contributed by atoms with Gasteiger partial charge in [-0.15, -0.1) is 10.2 Å². The minimum atomic E-state index is 0.695. The van der Waals surface area contributed by atoms with Crippen LogP contribution in [0.5, 0.6) is 0 Å². The van der Waals surface area contributed by atoms with Crippen molar-refractivity contribution in [1.29, 1.82) is 0 Å². The molecule has 84 valence electrons. The first-order chi connectivity index (χ1) is 7.85. The Balaban J connectivity index is 2.37. The van der Waals surface area contributed by atoms with E-state index in [1.54, 1.807) is 0 Å². The number of fused-ring (bicyclic) bond motifs is 1. The number of aromatic nitrogens is 3. The summed E-state index contributed by atoms with van der Waals surface area (Å²) in [6.07, 6.45) is 0. The van der Waals surface area contributed by atoms with Crippen molar-refractivity contribution in [3.8, 4) is 0 Å². The Morgan fingerprint density at radius 2 is 1.94 bits per heavy atom. The van der Waals surface area contributed by atoms with Crippen molar-refractivity contribution < 1.29 is 0 Å². The molecule has 0 amide bonds. The third-order valence-electron chi connectivity index (χ3n) is 2.37. The standard InChI is InChI=1S/C11H13BrN4/c1-2-16(8-7-12)11-13-9-5-3-4-6-10(9)14-15-11/h3-6H,2,7-8H2,1H3. The summed E-state index contributed by atoms with van der Waals surface area (Å²) >= 11 is 3.42. The van der Waals surface area contributed by atoms with Crippen LogP contribution >= 0.6 is 15.9 Å². The topological polar surface area (TPSA) is 41.9 Å². The SMILES string of the molecule is CCN(CCBr)c1nnc2ccccc2n1. The Morgan fingerprint density at radius 3 is 2.62 bits per heavy atom. The van der Waals surface area contributed by atoms with Crippen molar-refractivity contribution in [2.24, 2.45) is 0 Å². The van der Waals surface area contributed by atoms with Gasteiger partial charge in [-0.3, -0.25) is 0 Å². The molecule has 0 unspecified atom stereocenters. The number of hydrogen-bond donors (Lipinski definition) is 0. The van der Waals surface area contributed by atoms with Gasteiger partial charge in [-0.05, 0) is 19.1 Å². The Morgan fingerprint density at radius 1 is 1.19 bits per heavy atom. The van der Waals surface area contributed by atoms with E-state index in [4.69, 9.17) is 0 Å². The normalized spacial score (nSPS) is 10.6. The van der Waals surface area contributed by atoms with Crippen molar-refractivity contribution in [2.75, 3.05) is 23.3 Å². The second-order valence-corrected chi connectivity index (χ2v) is 4.16. The molecule has 0 aliphatic rings. The molecule has 0 saturated carbocycles. The largest absolute Gasteiger partial charge is 0.339 e. The first kappa shape index (κ1) is 11.3. The number of alkyl halides is 1. The fourth-order valence-corrected chi connectivity index (χ4v) is 1.94. The van der Waals surface area contributed by atoms with E-state index in [0.29, 0.717) is 5.95 Å². The fraction of sp³-hybridized carbons (Fsp3) is 0.364. The molecular weight excluding hydrogens is 268 g/mol. The zero-order chi connectivity index (χ0) is 11.4. The first-order valence-corrected chi connectivity index (χ1v) is 6.37. The average Bonchev–Trinajstić information content (AvgIpc) is 2.35. The zero-order valence-corrected chi connectivity index (χ0v) is 10.7. The molecule has 1 aromatic carbocycles. The van der Waals surface area contributed by atoms with Crippen LogP contribution < -0.4 is 4.90 Å². The highest BCUT2D eigenvalue weighted by Gasteiger charge is 2.08. The van der Waals surface area contributed by atoms with Crippen LogP contribution in [0.4, 0.5) is 5.95 Å². The molecule has 0 radical (unpaired) electrons. The van der Waals surface area contributed by atoms with Gasteiger partial charge in [0.2, 0.25) is 5.95 Å². The molecule has 0 bridgehead atoms. The number of para-hydroxylation sites is 1. The van der Waals surface area contributed by atoms with Gasteiger partial charge in [-0.2, -0.15) is 0 Å². The van der Waals surface area contributed by atoms with Crippen molar-refractivity contribution in [3.63, 3.8) is 0 Å². The molecule has 0 saturated heterocycles. The molecule has 0 atom stereocenters. The Hall–Kier alpha value is -1.23.